The summed E-state index contributed by atoms with van der Waals surface area (Å²) in [6.45, 7) is 3.74. The maximum atomic E-state index is 13.5. The summed E-state index contributed by atoms with van der Waals surface area (Å²) in [7, 11) is 3.12. The molecule has 0 unspecified atom stereocenters. The number of aliphatic hydroxyl groups excluding tert-OH is 1. The van der Waals surface area contributed by atoms with Gasteiger partial charge in [0, 0.05) is 29.7 Å². The number of hydrogen-bond donors (Lipinski definition) is 3. The van der Waals surface area contributed by atoms with Gasteiger partial charge in [0.25, 0.3) is 0 Å². The second kappa shape index (κ2) is 12.7. The standard InChI is InChI=1S/C35H45NO9/c1-33-14-11-23(37)18-22(33)6-7-24-25-12-15-35(42,34(25,2)19-26(38)32(24)33)29(39)20-45-31(41)10-9-30(40)36-16-13-21-5-8-27(43-3)28(17-21)44-4/h5,8,11,14,17-18,24-26,32,38,42H,6-7,9-10,12-13,15-16,19-20H2,1-4H3,(H,36,40)/t24-,25+,26+,32-,33-,34-,35-/m0/s1. The number of allylic oxidation sites excluding steroid dienone is 4. The predicted molar refractivity (Wildman–Crippen MR) is 164 cm³/mol. The van der Waals surface area contributed by atoms with Crippen LogP contribution < -0.4 is 14.8 Å². The molecule has 0 radical (unpaired) electrons. The molecule has 7 atom stereocenters. The molecule has 0 spiro atoms. The van der Waals surface area contributed by atoms with Gasteiger partial charge in [-0.3, -0.25) is 19.2 Å². The lowest BCUT2D eigenvalue weighted by Crippen LogP contribution is -2.61. The molecular weight excluding hydrogens is 578 g/mol. The molecule has 0 aromatic heterocycles. The number of esters is 1. The molecule has 1 aromatic carbocycles. The predicted octanol–water partition coefficient (Wildman–Crippen LogP) is 3.26. The number of ether oxygens (including phenoxy) is 3. The molecule has 4 aliphatic rings. The molecule has 3 fully saturated rings. The molecule has 3 saturated carbocycles. The smallest absolute Gasteiger partial charge is 0.306 e. The van der Waals surface area contributed by atoms with E-state index in [-0.39, 0.29) is 55.1 Å². The lowest BCUT2D eigenvalue weighted by molar-refractivity contribution is -0.181. The van der Waals surface area contributed by atoms with Crippen LogP contribution in [-0.2, 0) is 30.3 Å². The van der Waals surface area contributed by atoms with Crippen LogP contribution in [0.2, 0.25) is 0 Å². The van der Waals surface area contributed by atoms with E-state index in [1.807, 2.05) is 25.1 Å². The molecule has 0 saturated heterocycles. The Bertz CT molecular complexity index is 1420. The molecule has 0 aliphatic heterocycles. The highest BCUT2D eigenvalue weighted by atomic mass is 16.5. The van der Waals surface area contributed by atoms with Crippen LogP contribution in [0.15, 0.2) is 42.0 Å². The topological polar surface area (TPSA) is 148 Å². The zero-order chi connectivity index (χ0) is 32.6. The summed E-state index contributed by atoms with van der Waals surface area (Å²) in [6, 6.07) is 5.52. The normalized spacial score (nSPS) is 33.3. The monoisotopic (exact) mass is 623 g/mol. The minimum absolute atomic E-state index is 0.00246. The molecule has 5 rings (SSSR count). The van der Waals surface area contributed by atoms with Crippen LogP contribution in [0, 0.1) is 28.6 Å². The number of fused-ring (bicyclic) bond motifs is 5. The molecule has 0 bridgehead atoms. The molecule has 3 N–H and O–H groups in total. The lowest BCUT2D eigenvalue weighted by atomic mass is 9.46. The summed E-state index contributed by atoms with van der Waals surface area (Å²) in [4.78, 5) is 50.3. The van der Waals surface area contributed by atoms with Gasteiger partial charge < -0.3 is 29.7 Å². The third-order valence-corrected chi connectivity index (χ3v) is 11.2. The summed E-state index contributed by atoms with van der Waals surface area (Å²) in [5.41, 5.74) is -1.05. The summed E-state index contributed by atoms with van der Waals surface area (Å²) in [5.74, 6) is -0.419. The van der Waals surface area contributed by atoms with E-state index in [1.165, 1.54) is 0 Å². The Morgan fingerprint density at radius 1 is 1.07 bits per heavy atom. The number of hydrogen-bond acceptors (Lipinski definition) is 9. The third kappa shape index (κ3) is 5.94. The summed E-state index contributed by atoms with van der Waals surface area (Å²) in [6.07, 6.45) is 7.33. The number of amides is 1. The van der Waals surface area contributed by atoms with Crippen molar-refractivity contribution in [3.63, 3.8) is 0 Å². The second-order valence-electron chi connectivity index (χ2n) is 13.5. The first-order valence-corrected chi connectivity index (χ1v) is 15.9. The van der Waals surface area contributed by atoms with Crippen LogP contribution in [0.5, 0.6) is 11.5 Å². The SMILES string of the molecule is COc1ccc(CCNC(=O)CCC(=O)OCC(=O)[C@@]2(O)CC[C@@H]3[C@@H]4CCC5=CC(=O)C=C[C@]5(C)[C@@H]4[C@H](O)C[C@@]32C)cc1OC. The molecule has 0 heterocycles. The average molecular weight is 624 g/mol. The Labute approximate surface area is 264 Å². The summed E-state index contributed by atoms with van der Waals surface area (Å²) in [5, 5.41) is 26.1. The maximum absolute atomic E-state index is 13.5. The number of aliphatic hydroxyl groups is 2. The first-order chi connectivity index (χ1) is 21.4. The van der Waals surface area contributed by atoms with E-state index in [0.717, 1.165) is 24.0 Å². The highest BCUT2D eigenvalue weighted by Crippen LogP contribution is 2.67. The fraction of sp³-hybridized carbons (Fsp3) is 0.600. The van der Waals surface area contributed by atoms with Crippen molar-refractivity contribution >= 4 is 23.4 Å². The number of carbonyl (C=O) groups is 4. The fourth-order valence-corrected chi connectivity index (χ4v) is 8.81. The van der Waals surface area contributed by atoms with Gasteiger partial charge in [-0.25, -0.2) is 0 Å². The zero-order valence-electron chi connectivity index (χ0n) is 26.6. The van der Waals surface area contributed by atoms with Crippen molar-refractivity contribution in [2.75, 3.05) is 27.4 Å². The van der Waals surface area contributed by atoms with Crippen molar-refractivity contribution in [1.82, 2.24) is 5.32 Å². The van der Waals surface area contributed by atoms with Crippen LogP contribution in [0.1, 0.15) is 64.4 Å². The number of methoxy groups -OCH3 is 2. The second-order valence-corrected chi connectivity index (χ2v) is 13.5. The number of ketones is 2. The minimum Gasteiger partial charge on any atom is -0.493 e. The van der Waals surface area contributed by atoms with E-state index in [4.69, 9.17) is 14.2 Å². The van der Waals surface area contributed by atoms with Gasteiger partial charge in [0.1, 0.15) is 5.60 Å². The van der Waals surface area contributed by atoms with E-state index in [0.29, 0.717) is 30.9 Å². The molecule has 1 aromatic rings. The lowest BCUT2D eigenvalue weighted by Gasteiger charge is -2.59. The van der Waals surface area contributed by atoms with Crippen molar-refractivity contribution < 1.29 is 43.6 Å². The summed E-state index contributed by atoms with van der Waals surface area (Å²) < 4.78 is 15.8. The first-order valence-electron chi connectivity index (χ1n) is 15.9. The highest BCUT2D eigenvalue weighted by Gasteiger charge is 2.68. The molecule has 4 aliphatic carbocycles. The van der Waals surface area contributed by atoms with Crippen molar-refractivity contribution in [2.24, 2.45) is 28.6 Å². The molecule has 244 valence electrons. The number of Topliss-reactive ketones (excluding diaryl/α,β-unsaturated/α-hetero) is 1. The minimum atomic E-state index is -1.74. The van der Waals surface area contributed by atoms with Gasteiger partial charge in [-0.1, -0.05) is 31.6 Å². The van der Waals surface area contributed by atoms with E-state index in [2.05, 4.69) is 12.2 Å². The van der Waals surface area contributed by atoms with E-state index in [1.54, 1.807) is 32.4 Å². The first kappa shape index (κ1) is 32.9. The number of benzene rings is 1. The Hall–Kier alpha value is -3.50. The Morgan fingerprint density at radius 2 is 1.82 bits per heavy atom. The van der Waals surface area contributed by atoms with Gasteiger partial charge in [0.2, 0.25) is 11.7 Å². The fourth-order valence-electron chi connectivity index (χ4n) is 8.81. The molecule has 1 amide bonds. The van der Waals surface area contributed by atoms with Crippen LogP contribution in [0.25, 0.3) is 0 Å². The Kier molecular flexibility index (Phi) is 9.29. The molecular formula is C35H45NO9. The summed E-state index contributed by atoms with van der Waals surface area (Å²) >= 11 is 0. The van der Waals surface area contributed by atoms with E-state index < -0.39 is 40.9 Å². The van der Waals surface area contributed by atoms with Gasteiger partial charge in [-0.05, 0) is 80.2 Å². The molecule has 10 heteroatoms. The number of carbonyl (C=O) groups excluding carboxylic acids is 4. The highest BCUT2D eigenvalue weighted by molar-refractivity contribution is 6.01. The van der Waals surface area contributed by atoms with Crippen LogP contribution in [-0.4, -0.2) is 72.7 Å². The third-order valence-electron chi connectivity index (χ3n) is 11.2. The Balaban J connectivity index is 1.11. The van der Waals surface area contributed by atoms with Crippen LogP contribution in [0.3, 0.4) is 0 Å². The quantitative estimate of drug-likeness (QED) is 0.316. The van der Waals surface area contributed by atoms with Gasteiger partial charge in [-0.2, -0.15) is 0 Å². The molecule has 10 nitrogen and oxygen atoms in total. The van der Waals surface area contributed by atoms with Gasteiger partial charge in [0.15, 0.2) is 23.9 Å². The van der Waals surface area contributed by atoms with Gasteiger partial charge in [0.05, 0.1) is 26.7 Å². The van der Waals surface area contributed by atoms with Crippen molar-refractivity contribution in [3.8, 4) is 11.5 Å². The van der Waals surface area contributed by atoms with Gasteiger partial charge in [-0.15, -0.1) is 0 Å². The van der Waals surface area contributed by atoms with Crippen molar-refractivity contribution in [3.05, 3.63) is 47.6 Å². The van der Waals surface area contributed by atoms with E-state index >= 15 is 0 Å². The molecule has 45 heavy (non-hydrogen) atoms. The number of nitrogens with one attached hydrogen (secondary N) is 1. The largest absolute Gasteiger partial charge is 0.493 e. The van der Waals surface area contributed by atoms with Gasteiger partial charge >= 0.3 is 5.97 Å². The van der Waals surface area contributed by atoms with Crippen LogP contribution in [0.4, 0.5) is 0 Å². The Morgan fingerprint density at radius 3 is 2.56 bits per heavy atom. The average Bonchev–Trinajstić information content (AvgIpc) is 3.29. The van der Waals surface area contributed by atoms with Crippen LogP contribution >= 0.6 is 0 Å². The van der Waals surface area contributed by atoms with E-state index in [9.17, 15) is 29.4 Å². The van der Waals surface area contributed by atoms with Crippen molar-refractivity contribution in [1.29, 1.82) is 0 Å². The number of rotatable bonds is 11. The zero-order valence-corrected chi connectivity index (χ0v) is 26.6. The van der Waals surface area contributed by atoms with Crippen molar-refractivity contribution in [2.45, 2.75) is 76.9 Å². The maximum Gasteiger partial charge on any atom is 0.306 e.